The number of hydrogen-bond acceptors (Lipinski definition) is 2. The summed E-state index contributed by atoms with van der Waals surface area (Å²) in [6.45, 7) is 8.21. The van der Waals surface area contributed by atoms with Gasteiger partial charge in [-0.3, -0.25) is 0 Å². The van der Waals surface area contributed by atoms with Gasteiger partial charge in [-0.25, -0.2) is 4.79 Å². The second-order valence-electron chi connectivity index (χ2n) is 5.27. The third kappa shape index (κ3) is 4.91. The van der Waals surface area contributed by atoms with Gasteiger partial charge in [0.2, 0.25) is 0 Å². The van der Waals surface area contributed by atoms with Crippen LogP contribution >= 0.6 is 0 Å². The summed E-state index contributed by atoms with van der Waals surface area (Å²) in [6, 6.07) is 7.65. The summed E-state index contributed by atoms with van der Waals surface area (Å²) in [5.74, 6) is 0.427. The van der Waals surface area contributed by atoms with E-state index in [1.165, 1.54) is 0 Å². The molecule has 4 N–H and O–H groups in total. The number of hydrogen-bond donors (Lipinski definition) is 3. The molecular formula is C15H25N3O. The van der Waals surface area contributed by atoms with Crippen molar-refractivity contribution in [3.63, 3.8) is 0 Å². The quantitative estimate of drug-likeness (QED) is 0.763. The number of urea groups is 1. The Hall–Kier alpha value is -1.55. The molecule has 0 aromatic heterocycles. The molecule has 4 heteroatoms. The fraction of sp³-hybridized carbons (Fsp3) is 0.533. The molecule has 2 amide bonds. The van der Waals surface area contributed by atoms with Gasteiger partial charge >= 0.3 is 6.03 Å². The first kappa shape index (κ1) is 15.5. The maximum Gasteiger partial charge on any atom is 0.319 e. The van der Waals surface area contributed by atoms with E-state index in [2.05, 4.69) is 31.4 Å². The van der Waals surface area contributed by atoms with Crippen LogP contribution in [0.4, 0.5) is 10.5 Å². The standard InChI is InChI=1S/C15H25N3O/c1-5-14(10(2)3)18-15(19)17-13-8-6-12(7-9-13)11(4)16/h6-11,14H,5,16H2,1-4H3,(H2,17,18,19). The first-order chi connectivity index (χ1) is 8.93. The molecule has 1 aromatic rings. The predicted octanol–water partition coefficient (Wildman–Crippen LogP) is 3.26. The van der Waals surface area contributed by atoms with E-state index in [1.807, 2.05) is 31.2 Å². The van der Waals surface area contributed by atoms with Gasteiger partial charge < -0.3 is 16.4 Å². The maximum atomic E-state index is 11.9. The Morgan fingerprint density at radius 3 is 2.21 bits per heavy atom. The van der Waals surface area contributed by atoms with E-state index in [0.717, 1.165) is 17.7 Å². The van der Waals surface area contributed by atoms with Crippen LogP contribution in [0, 0.1) is 5.92 Å². The van der Waals surface area contributed by atoms with Crippen molar-refractivity contribution in [2.45, 2.75) is 46.2 Å². The Labute approximate surface area is 115 Å². The van der Waals surface area contributed by atoms with Crippen molar-refractivity contribution in [1.82, 2.24) is 5.32 Å². The van der Waals surface area contributed by atoms with Gasteiger partial charge in [0.1, 0.15) is 0 Å². The number of anilines is 1. The van der Waals surface area contributed by atoms with Gasteiger partial charge in [0, 0.05) is 17.8 Å². The molecule has 2 atom stereocenters. The number of nitrogens with two attached hydrogens (primary N) is 1. The molecular weight excluding hydrogens is 238 g/mol. The van der Waals surface area contributed by atoms with Crippen LogP contribution in [0.2, 0.25) is 0 Å². The van der Waals surface area contributed by atoms with Crippen LogP contribution in [0.15, 0.2) is 24.3 Å². The average molecular weight is 263 g/mol. The fourth-order valence-corrected chi connectivity index (χ4v) is 1.95. The summed E-state index contributed by atoms with van der Waals surface area (Å²) >= 11 is 0. The van der Waals surface area contributed by atoms with Gasteiger partial charge in [0.25, 0.3) is 0 Å². The van der Waals surface area contributed by atoms with Crippen molar-refractivity contribution in [3.05, 3.63) is 29.8 Å². The normalized spacial score (nSPS) is 14.0. The van der Waals surface area contributed by atoms with E-state index in [-0.39, 0.29) is 18.1 Å². The molecule has 1 aromatic carbocycles. The van der Waals surface area contributed by atoms with Crippen molar-refractivity contribution >= 4 is 11.7 Å². The van der Waals surface area contributed by atoms with Gasteiger partial charge in [-0.15, -0.1) is 0 Å². The molecule has 0 saturated heterocycles. The van der Waals surface area contributed by atoms with E-state index < -0.39 is 0 Å². The summed E-state index contributed by atoms with van der Waals surface area (Å²) in [7, 11) is 0. The molecule has 0 saturated carbocycles. The highest BCUT2D eigenvalue weighted by Gasteiger charge is 2.13. The molecule has 0 radical (unpaired) electrons. The highest BCUT2D eigenvalue weighted by molar-refractivity contribution is 5.89. The Bertz CT molecular complexity index is 398. The second-order valence-corrected chi connectivity index (χ2v) is 5.27. The molecule has 0 aliphatic carbocycles. The Balaban J connectivity index is 2.57. The molecule has 0 aliphatic rings. The van der Waals surface area contributed by atoms with Crippen LogP contribution in [0.5, 0.6) is 0 Å². The van der Waals surface area contributed by atoms with Gasteiger partial charge in [-0.05, 0) is 37.0 Å². The maximum absolute atomic E-state index is 11.9. The van der Waals surface area contributed by atoms with E-state index in [9.17, 15) is 4.79 Å². The van der Waals surface area contributed by atoms with Gasteiger partial charge in [-0.1, -0.05) is 32.9 Å². The summed E-state index contributed by atoms with van der Waals surface area (Å²) in [4.78, 5) is 11.9. The van der Waals surface area contributed by atoms with Crippen molar-refractivity contribution in [2.24, 2.45) is 11.7 Å². The van der Waals surface area contributed by atoms with Crippen LogP contribution in [-0.2, 0) is 0 Å². The van der Waals surface area contributed by atoms with E-state index in [0.29, 0.717) is 5.92 Å². The number of amides is 2. The van der Waals surface area contributed by atoms with Crippen molar-refractivity contribution < 1.29 is 4.79 Å². The van der Waals surface area contributed by atoms with Crippen LogP contribution in [-0.4, -0.2) is 12.1 Å². The predicted molar refractivity (Wildman–Crippen MR) is 80.1 cm³/mol. The lowest BCUT2D eigenvalue weighted by molar-refractivity contribution is 0.244. The SMILES string of the molecule is CCC(NC(=O)Nc1ccc(C(C)N)cc1)C(C)C. The molecule has 0 aliphatic heterocycles. The average Bonchev–Trinajstić information content (AvgIpc) is 2.36. The lowest BCUT2D eigenvalue weighted by Crippen LogP contribution is -2.40. The molecule has 106 valence electrons. The van der Waals surface area contributed by atoms with E-state index >= 15 is 0 Å². The molecule has 1 rings (SSSR count). The van der Waals surface area contributed by atoms with Crippen molar-refractivity contribution in [1.29, 1.82) is 0 Å². The van der Waals surface area contributed by atoms with Gasteiger partial charge in [-0.2, -0.15) is 0 Å². The smallest absolute Gasteiger partial charge is 0.319 e. The molecule has 0 fully saturated rings. The lowest BCUT2D eigenvalue weighted by atomic mass is 10.0. The minimum atomic E-state index is -0.158. The van der Waals surface area contributed by atoms with Crippen LogP contribution in [0.25, 0.3) is 0 Å². The molecule has 0 bridgehead atoms. The van der Waals surface area contributed by atoms with Crippen LogP contribution < -0.4 is 16.4 Å². The summed E-state index contributed by atoms with van der Waals surface area (Å²) in [6.07, 6.45) is 0.925. The largest absolute Gasteiger partial charge is 0.335 e. The van der Waals surface area contributed by atoms with Crippen LogP contribution in [0.1, 0.15) is 45.7 Å². The monoisotopic (exact) mass is 263 g/mol. The van der Waals surface area contributed by atoms with Crippen LogP contribution in [0.3, 0.4) is 0 Å². The van der Waals surface area contributed by atoms with Gasteiger partial charge in [0.15, 0.2) is 0 Å². The third-order valence-corrected chi connectivity index (χ3v) is 3.26. The van der Waals surface area contributed by atoms with Crippen molar-refractivity contribution in [3.8, 4) is 0 Å². The lowest BCUT2D eigenvalue weighted by Gasteiger charge is -2.21. The van der Waals surface area contributed by atoms with E-state index in [1.54, 1.807) is 0 Å². The molecule has 19 heavy (non-hydrogen) atoms. The first-order valence-corrected chi connectivity index (χ1v) is 6.87. The first-order valence-electron chi connectivity index (χ1n) is 6.87. The number of carbonyl (C=O) groups excluding carboxylic acids is 1. The topological polar surface area (TPSA) is 67.2 Å². The second kappa shape index (κ2) is 7.14. The molecule has 0 spiro atoms. The molecule has 4 nitrogen and oxygen atoms in total. The van der Waals surface area contributed by atoms with E-state index in [4.69, 9.17) is 5.73 Å². The molecule has 2 unspecified atom stereocenters. The Morgan fingerprint density at radius 2 is 1.79 bits per heavy atom. The summed E-state index contributed by atoms with van der Waals surface area (Å²) in [5.41, 5.74) is 7.62. The summed E-state index contributed by atoms with van der Waals surface area (Å²) < 4.78 is 0. The fourth-order valence-electron chi connectivity index (χ4n) is 1.95. The zero-order valence-corrected chi connectivity index (χ0v) is 12.2. The number of benzene rings is 1. The number of nitrogens with one attached hydrogen (secondary N) is 2. The Morgan fingerprint density at radius 1 is 1.21 bits per heavy atom. The zero-order chi connectivity index (χ0) is 14.4. The number of rotatable bonds is 5. The highest BCUT2D eigenvalue weighted by atomic mass is 16.2. The minimum absolute atomic E-state index is 0.00768. The third-order valence-electron chi connectivity index (χ3n) is 3.26. The molecule has 0 heterocycles. The van der Waals surface area contributed by atoms with Gasteiger partial charge in [0.05, 0.1) is 0 Å². The summed E-state index contributed by atoms with van der Waals surface area (Å²) in [5, 5.41) is 5.81. The minimum Gasteiger partial charge on any atom is -0.335 e. The zero-order valence-electron chi connectivity index (χ0n) is 12.2. The van der Waals surface area contributed by atoms with Crippen molar-refractivity contribution in [2.75, 3.05) is 5.32 Å². The Kier molecular flexibility index (Phi) is 5.83. The highest BCUT2D eigenvalue weighted by Crippen LogP contribution is 2.14. The number of carbonyl (C=O) groups is 1.